The lowest BCUT2D eigenvalue weighted by atomic mass is 10.2. The molecule has 1 amide bonds. The number of nitrogens with zero attached hydrogens (tertiary/aromatic N) is 1. The van der Waals surface area contributed by atoms with E-state index in [4.69, 9.17) is 9.15 Å². The molecule has 0 aliphatic heterocycles. The minimum Gasteiger partial charge on any atom is -0.444 e. The second kappa shape index (κ2) is 8.00. The molecule has 1 aromatic heterocycles. The number of aromatic nitrogens is 1. The summed E-state index contributed by atoms with van der Waals surface area (Å²) in [4.78, 5) is 35.1. The molecule has 0 aliphatic rings. The molecule has 7 nitrogen and oxygen atoms in total. The van der Waals surface area contributed by atoms with Gasteiger partial charge in [0.2, 0.25) is 0 Å². The van der Waals surface area contributed by atoms with Crippen molar-refractivity contribution < 1.29 is 13.9 Å². The summed E-state index contributed by atoms with van der Waals surface area (Å²) in [5, 5.41) is 3.09. The van der Waals surface area contributed by atoms with Crippen molar-refractivity contribution in [2.24, 2.45) is 0 Å². The summed E-state index contributed by atoms with van der Waals surface area (Å²) in [5.41, 5.74) is -0.544. The lowest BCUT2D eigenvalue weighted by Gasteiger charge is -2.19. The van der Waals surface area contributed by atoms with Gasteiger partial charge < -0.3 is 14.5 Å². The van der Waals surface area contributed by atoms with Crippen LogP contribution in [-0.4, -0.2) is 22.8 Å². The Morgan fingerprint density at radius 2 is 1.88 bits per heavy atom. The second-order valence-corrected chi connectivity index (χ2v) is 6.81. The Morgan fingerprint density at radius 1 is 1.16 bits per heavy atom. The first-order valence-electron chi connectivity index (χ1n) is 8.37. The first kappa shape index (κ1) is 18.8. The molecule has 0 unspecified atom stereocenters. The van der Waals surface area contributed by atoms with Gasteiger partial charge in [-0.25, -0.2) is 14.4 Å². The van der Waals surface area contributed by atoms with Crippen LogP contribution >= 0.6 is 0 Å². The molecule has 0 saturated heterocycles. The lowest BCUT2D eigenvalue weighted by molar-refractivity contribution is 0.0527. The van der Waals surface area contributed by atoms with Crippen molar-refractivity contribution >= 4 is 17.0 Å². The SMILES string of the molecule is CC(C)(C)OC(=O)NCCCCCn1c(=O)oc(=O)c2ccccc21. The summed E-state index contributed by atoms with van der Waals surface area (Å²) < 4.78 is 11.4. The fraction of sp³-hybridized carbons (Fsp3) is 0.500. The smallest absolute Gasteiger partial charge is 0.422 e. The normalized spacial score (nSPS) is 11.5. The molecular weight excluding hydrogens is 324 g/mol. The number of alkyl carbamates (subject to hydrolysis) is 1. The van der Waals surface area contributed by atoms with E-state index in [0.29, 0.717) is 24.0 Å². The summed E-state index contributed by atoms with van der Waals surface area (Å²) in [5.74, 6) is -0.643. The van der Waals surface area contributed by atoms with Gasteiger partial charge in [0.25, 0.3) is 0 Å². The number of unbranched alkanes of at least 4 members (excludes halogenated alkanes) is 2. The molecule has 0 spiro atoms. The molecule has 1 N–H and O–H groups in total. The molecule has 2 rings (SSSR count). The molecule has 1 aromatic carbocycles. The van der Waals surface area contributed by atoms with Crippen molar-refractivity contribution in [2.45, 2.75) is 52.2 Å². The maximum atomic E-state index is 11.9. The van der Waals surface area contributed by atoms with Crippen molar-refractivity contribution in [3.63, 3.8) is 0 Å². The van der Waals surface area contributed by atoms with E-state index in [1.165, 1.54) is 4.57 Å². The first-order chi connectivity index (χ1) is 11.8. The maximum Gasteiger partial charge on any atom is 0.422 e. The quantitative estimate of drug-likeness (QED) is 0.811. The summed E-state index contributed by atoms with van der Waals surface area (Å²) in [6.07, 6.45) is 1.88. The van der Waals surface area contributed by atoms with Crippen molar-refractivity contribution in [3.8, 4) is 0 Å². The highest BCUT2D eigenvalue weighted by atomic mass is 16.6. The van der Waals surface area contributed by atoms with Crippen LogP contribution in [0.2, 0.25) is 0 Å². The molecule has 1 heterocycles. The number of hydrogen-bond acceptors (Lipinski definition) is 5. The van der Waals surface area contributed by atoms with Crippen LogP contribution in [0.4, 0.5) is 4.79 Å². The molecule has 0 saturated carbocycles. The third kappa shape index (κ3) is 5.48. The Balaban J connectivity index is 1.83. The zero-order valence-electron chi connectivity index (χ0n) is 14.8. The van der Waals surface area contributed by atoms with Gasteiger partial charge in [-0.2, -0.15) is 0 Å². The number of amides is 1. The van der Waals surface area contributed by atoms with E-state index in [1.54, 1.807) is 24.3 Å². The predicted octanol–water partition coefficient (Wildman–Crippen LogP) is 2.65. The number of benzene rings is 1. The Hall–Kier alpha value is -2.57. The molecule has 0 aliphatic carbocycles. The average Bonchev–Trinajstić information content (AvgIpc) is 2.51. The molecule has 136 valence electrons. The number of ether oxygens (including phenoxy) is 1. The molecule has 7 heteroatoms. The van der Waals surface area contributed by atoms with Crippen LogP contribution in [-0.2, 0) is 11.3 Å². The second-order valence-electron chi connectivity index (χ2n) is 6.81. The predicted molar refractivity (Wildman–Crippen MR) is 94.8 cm³/mol. The summed E-state index contributed by atoms with van der Waals surface area (Å²) >= 11 is 0. The van der Waals surface area contributed by atoms with Crippen LogP contribution < -0.4 is 16.7 Å². The van der Waals surface area contributed by atoms with Gasteiger partial charge in [-0.05, 0) is 52.2 Å². The van der Waals surface area contributed by atoms with E-state index in [0.717, 1.165) is 19.3 Å². The third-order valence-electron chi connectivity index (χ3n) is 3.54. The van der Waals surface area contributed by atoms with E-state index in [9.17, 15) is 14.4 Å². The maximum absolute atomic E-state index is 11.9. The number of carbonyl (C=O) groups is 1. The fourth-order valence-corrected chi connectivity index (χ4v) is 2.46. The van der Waals surface area contributed by atoms with E-state index >= 15 is 0 Å². The van der Waals surface area contributed by atoms with Crippen molar-refractivity contribution in [1.82, 2.24) is 9.88 Å². The molecule has 0 bridgehead atoms. The highest BCUT2D eigenvalue weighted by Gasteiger charge is 2.15. The van der Waals surface area contributed by atoms with Crippen LogP contribution in [0, 0.1) is 0 Å². The molecule has 25 heavy (non-hydrogen) atoms. The van der Waals surface area contributed by atoms with Crippen molar-refractivity contribution in [1.29, 1.82) is 0 Å². The Kier molecular flexibility index (Phi) is 6.01. The minimum absolute atomic E-state index is 0.397. The van der Waals surface area contributed by atoms with Gasteiger partial charge in [0.15, 0.2) is 0 Å². The minimum atomic E-state index is -0.643. The van der Waals surface area contributed by atoms with Gasteiger partial charge in [0.1, 0.15) is 5.60 Å². The summed E-state index contributed by atoms with van der Waals surface area (Å²) in [7, 11) is 0. The summed E-state index contributed by atoms with van der Waals surface area (Å²) in [6, 6.07) is 6.89. The van der Waals surface area contributed by atoms with E-state index in [1.807, 2.05) is 20.8 Å². The number of nitrogens with one attached hydrogen (secondary N) is 1. The Morgan fingerprint density at radius 3 is 2.60 bits per heavy atom. The van der Waals surface area contributed by atoms with Crippen LogP contribution in [0.25, 0.3) is 10.9 Å². The van der Waals surface area contributed by atoms with Gasteiger partial charge in [-0.3, -0.25) is 4.57 Å². The first-order valence-corrected chi connectivity index (χ1v) is 8.37. The molecule has 0 atom stereocenters. The van der Waals surface area contributed by atoms with Crippen molar-refractivity contribution in [3.05, 3.63) is 45.2 Å². The molecule has 2 aromatic rings. The molecule has 0 fully saturated rings. The van der Waals surface area contributed by atoms with Crippen LogP contribution in [0.5, 0.6) is 0 Å². The van der Waals surface area contributed by atoms with Gasteiger partial charge >= 0.3 is 17.5 Å². The fourth-order valence-electron chi connectivity index (χ4n) is 2.46. The largest absolute Gasteiger partial charge is 0.444 e. The lowest BCUT2D eigenvalue weighted by Crippen LogP contribution is -2.33. The van der Waals surface area contributed by atoms with E-state index in [2.05, 4.69) is 5.32 Å². The monoisotopic (exact) mass is 348 g/mol. The highest BCUT2D eigenvalue weighted by Crippen LogP contribution is 2.09. The number of rotatable bonds is 6. The van der Waals surface area contributed by atoms with E-state index < -0.39 is 23.1 Å². The number of carbonyl (C=O) groups excluding carboxylic acids is 1. The standard InChI is InChI=1S/C18H24N2O5/c1-18(2,3)25-16(22)19-11-7-4-8-12-20-14-10-6-5-9-13(14)15(21)24-17(20)23/h5-6,9-10H,4,7-8,11-12H2,1-3H3,(H,19,22). The number of para-hydroxylation sites is 1. The Labute approximate surface area is 145 Å². The van der Waals surface area contributed by atoms with Gasteiger partial charge in [-0.1, -0.05) is 12.1 Å². The molecular formula is C18H24N2O5. The van der Waals surface area contributed by atoms with Crippen molar-refractivity contribution in [2.75, 3.05) is 6.54 Å². The zero-order chi connectivity index (χ0) is 18.4. The topological polar surface area (TPSA) is 90.5 Å². The molecule has 0 radical (unpaired) electrons. The van der Waals surface area contributed by atoms with Gasteiger partial charge in [0.05, 0.1) is 10.9 Å². The number of hydrogen-bond donors (Lipinski definition) is 1. The van der Waals surface area contributed by atoms with Crippen LogP contribution in [0.15, 0.2) is 38.3 Å². The third-order valence-corrected chi connectivity index (χ3v) is 3.54. The number of aryl methyl sites for hydroxylation is 1. The van der Waals surface area contributed by atoms with Gasteiger partial charge in [0, 0.05) is 13.1 Å². The number of fused-ring (bicyclic) bond motifs is 1. The van der Waals surface area contributed by atoms with Crippen LogP contribution in [0.3, 0.4) is 0 Å². The highest BCUT2D eigenvalue weighted by molar-refractivity contribution is 5.77. The van der Waals surface area contributed by atoms with Gasteiger partial charge in [-0.15, -0.1) is 0 Å². The average molecular weight is 348 g/mol. The zero-order valence-corrected chi connectivity index (χ0v) is 14.8. The summed E-state index contributed by atoms with van der Waals surface area (Å²) in [6.45, 7) is 6.40. The Bertz CT molecular complexity index is 845. The van der Waals surface area contributed by atoms with Crippen LogP contribution in [0.1, 0.15) is 40.0 Å². The van der Waals surface area contributed by atoms with E-state index in [-0.39, 0.29) is 0 Å².